The molecule has 5 heteroatoms. The van der Waals surface area contributed by atoms with Gasteiger partial charge in [0.2, 0.25) is 0 Å². The quantitative estimate of drug-likeness (QED) is 0.752. The lowest BCUT2D eigenvalue weighted by molar-refractivity contribution is -0.921. The zero-order valence-corrected chi connectivity index (χ0v) is 17.8. The van der Waals surface area contributed by atoms with Crippen LogP contribution >= 0.6 is 0 Å². The van der Waals surface area contributed by atoms with Gasteiger partial charge in [0.15, 0.2) is 6.61 Å². The largest absolute Gasteiger partial charge is 0.484 e. The van der Waals surface area contributed by atoms with E-state index in [1.807, 2.05) is 18.2 Å². The Morgan fingerprint density at radius 1 is 1.03 bits per heavy atom. The molecule has 2 aromatic carbocycles. The number of amides is 1. The average Bonchev–Trinajstić information content (AvgIpc) is 2.72. The molecule has 0 saturated carbocycles. The van der Waals surface area contributed by atoms with Crippen molar-refractivity contribution in [3.63, 3.8) is 0 Å². The topological polar surface area (TPSA) is 52.0 Å². The maximum Gasteiger partial charge on any atom is 0.258 e. The molecular formula is C24H33N2O3+. The Bertz CT molecular complexity index is 791. The summed E-state index contributed by atoms with van der Waals surface area (Å²) in [5.41, 5.74) is 3.79. The van der Waals surface area contributed by atoms with E-state index in [9.17, 15) is 4.79 Å². The highest BCUT2D eigenvalue weighted by Crippen LogP contribution is 2.24. The van der Waals surface area contributed by atoms with Crippen molar-refractivity contribution in [2.75, 3.05) is 32.9 Å². The number of nitrogens with one attached hydrogen (secondary N) is 2. The average molecular weight is 398 g/mol. The van der Waals surface area contributed by atoms with Crippen LogP contribution in [0, 0.1) is 0 Å². The minimum atomic E-state index is -0.113. The van der Waals surface area contributed by atoms with Gasteiger partial charge < -0.3 is 19.7 Å². The predicted molar refractivity (Wildman–Crippen MR) is 114 cm³/mol. The van der Waals surface area contributed by atoms with Crippen molar-refractivity contribution in [2.45, 2.75) is 39.3 Å². The molecule has 0 atom stereocenters. The smallest absolute Gasteiger partial charge is 0.258 e. The normalized spacial score (nSPS) is 15.1. The molecule has 1 aliphatic heterocycles. The van der Waals surface area contributed by atoms with Gasteiger partial charge in [0.05, 0.1) is 13.2 Å². The first-order valence-corrected chi connectivity index (χ1v) is 10.4. The summed E-state index contributed by atoms with van der Waals surface area (Å²) in [6, 6.07) is 16.3. The Morgan fingerprint density at radius 3 is 2.34 bits per heavy atom. The Labute approximate surface area is 174 Å². The number of quaternary nitrogens is 1. The second-order valence-electron chi connectivity index (χ2n) is 8.65. The first kappa shape index (κ1) is 21.3. The molecule has 0 radical (unpaired) electrons. The molecule has 1 aliphatic rings. The molecule has 1 heterocycles. The lowest BCUT2D eigenvalue weighted by atomic mass is 9.87. The number of hydrogen-bond donors (Lipinski definition) is 2. The first-order valence-electron chi connectivity index (χ1n) is 10.4. The van der Waals surface area contributed by atoms with Gasteiger partial charge in [-0.2, -0.15) is 0 Å². The van der Waals surface area contributed by atoms with Crippen molar-refractivity contribution in [2.24, 2.45) is 0 Å². The lowest BCUT2D eigenvalue weighted by Crippen LogP contribution is -3.12. The fourth-order valence-corrected chi connectivity index (χ4v) is 3.45. The van der Waals surface area contributed by atoms with Gasteiger partial charge in [0.25, 0.3) is 5.91 Å². The van der Waals surface area contributed by atoms with Crippen LogP contribution in [-0.2, 0) is 28.0 Å². The molecule has 0 unspecified atom stereocenters. The number of morpholine rings is 1. The predicted octanol–water partition coefficient (Wildman–Crippen LogP) is 2.09. The van der Waals surface area contributed by atoms with Gasteiger partial charge in [0.1, 0.15) is 25.4 Å². The third-order valence-corrected chi connectivity index (χ3v) is 5.33. The summed E-state index contributed by atoms with van der Waals surface area (Å²) >= 11 is 0. The van der Waals surface area contributed by atoms with Crippen LogP contribution < -0.4 is 15.0 Å². The zero-order chi connectivity index (χ0) is 20.7. The van der Waals surface area contributed by atoms with Crippen LogP contribution in [-0.4, -0.2) is 38.8 Å². The van der Waals surface area contributed by atoms with Gasteiger partial charge in [-0.05, 0) is 28.7 Å². The van der Waals surface area contributed by atoms with Gasteiger partial charge in [-0.15, -0.1) is 0 Å². The fraction of sp³-hybridized carbons (Fsp3) is 0.458. The monoisotopic (exact) mass is 397 g/mol. The van der Waals surface area contributed by atoms with Crippen molar-refractivity contribution in [3.05, 3.63) is 65.2 Å². The highest BCUT2D eigenvalue weighted by Gasteiger charge is 2.16. The van der Waals surface area contributed by atoms with Gasteiger partial charge in [-0.3, -0.25) is 4.79 Å². The Morgan fingerprint density at radius 2 is 1.69 bits per heavy atom. The third kappa shape index (κ3) is 6.58. The molecule has 1 fully saturated rings. The van der Waals surface area contributed by atoms with E-state index in [1.54, 1.807) is 0 Å². The van der Waals surface area contributed by atoms with Gasteiger partial charge >= 0.3 is 0 Å². The van der Waals surface area contributed by atoms with Crippen molar-refractivity contribution in [3.8, 4) is 5.75 Å². The second-order valence-corrected chi connectivity index (χ2v) is 8.65. The summed E-state index contributed by atoms with van der Waals surface area (Å²) in [7, 11) is 0. The number of ether oxygens (including phenoxy) is 2. The second kappa shape index (κ2) is 9.90. The molecule has 0 spiro atoms. The van der Waals surface area contributed by atoms with E-state index < -0.39 is 0 Å². The summed E-state index contributed by atoms with van der Waals surface area (Å²) in [4.78, 5) is 13.8. The van der Waals surface area contributed by atoms with Crippen LogP contribution in [0.3, 0.4) is 0 Å². The Kier molecular flexibility index (Phi) is 7.29. The standard InChI is InChI=1S/C24H32N2O3/c1-24(2,3)21-8-10-22(11-9-21)29-18-23(27)25-16-19-6-4-5-7-20(19)17-26-12-14-28-15-13-26/h4-11H,12-18H2,1-3H3,(H,25,27)/p+1. The van der Waals surface area contributed by atoms with E-state index in [-0.39, 0.29) is 17.9 Å². The van der Waals surface area contributed by atoms with Crippen LogP contribution in [0.25, 0.3) is 0 Å². The highest BCUT2D eigenvalue weighted by molar-refractivity contribution is 5.77. The molecule has 1 saturated heterocycles. The van der Waals surface area contributed by atoms with Gasteiger partial charge in [-0.25, -0.2) is 0 Å². The maximum absolute atomic E-state index is 12.3. The van der Waals surface area contributed by atoms with E-state index in [0.29, 0.717) is 12.3 Å². The van der Waals surface area contributed by atoms with Crippen molar-refractivity contribution in [1.29, 1.82) is 0 Å². The van der Waals surface area contributed by atoms with Crippen molar-refractivity contribution < 1.29 is 19.2 Å². The molecule has 0 bridgehead atoms. The molecular weight excluding hydrogens is 364 g/mol. The molecule has 29 heavy (non-hydrogen) atoms. The van der Waals surface area contributed by atoms with E-state index in [0.717, 1.165) is 38.4 Å². The van der Waals surface area contributed by atoms with Gasteiger partial charge in [-0.1, -0.05) is 57.2 Å². The molecule has 2 N–H and O–H groups in total. The first-order chi connectivity index (χ1) is 13.9. The van der Waals surface area contributed by atoms with Crippen LogP contribution in [0.5, 0.6) is 5.75 Å². The van der Waals surface area contributed by atoms with E-state index in [2.05, 4.69) is 56.4 Å². The SMILES string of the molecule is CC(C)(C)c1ccc(OCC(=O)NCc2ccccc2C[NH+]2CCOCC2)cc1. The molecule has 0 aromatic heterocycles. The van der Waals surface area contributed by atoms with E-state index in [1.165, 1.54) is 16.0 Å². The molecule has 3 rings (SSSR count). The third-order valence-electron chi connectivity index (χ3n) is 5.33. The summed E-state index contributed by atoms with van der Waals surface area (Å²) in [6.07, 6.45) is 0. The van der Waals surface area contributed by atoms with Crippen LogP contribution in [0.2, 0.25) is 0 Å². The number of rotatable bonds is 7. The lowest BCUT2D eigenvalue weighted by Gasteiger charge is -2.24. The minimum absolute atomic E-state index is 0.0196. The highest BCUT2D eigenvalue weighted by atomic mass is 16.5. The Hall–Kier alpha value is -2.37. The zero-order valence-electron chi connectivity index (χ0n) is 17.8. The molecule has 0 aliphatic carbocycles. The number of benzene rings is 2. The molecule has 2 aromatic rings. The Balaban J connectivity index is 1.48. The van der Waals surface area contributed by atoms with Crippen LogP contribution in [0.15, 0.2) is 48.5 Å². The number of carbonyl (C=O) groups is 1. The van der Waals surface area contributed by atoms with Crippen LogP contribution in [0.1, 0.15) is 37.5 Å². The van der Waals surface area contributed by atoms with Crippen molar-refractivity contribution in [1.82, 2.24) is 5.32 Å². The van der Waals surface area contributed by atoms with E-state index in [4.69, 9.17) is 9.47 Å². The molecule has 156 valence electrons. The van der Waals surface area contributed by atoms with Crippen LogP contribution in [0.4, 0.5) is 0 Å². The number of carbonyl (C=O) groups excluding carboxylic acids is 1. The minimum Gasteiger partial charge on any atom is -0.484 e. The summed E-state index contributed by atoms with van der Waals surface area (Å²) in [6.45, 7) is 11.7. The van der Waals surface area contributed by atoms with Gasteiger partial charge in [0, 0.05) is 12.1 Å². The molecule has 1 amide bonds. The fourth-order valence-electron chi connectivity index (χ4n) is 3.45. The summed E-state index contributed by atoms with van der Waals surface area (Å²) in [5.74, 6) is 0.600. The molecule has 5 nitrogen and oxygen atoms in total. The summed E-state index contributed by atoms with van der Waals surface area (Å²) in [5, 5.41) is 2.98. The summed E-state index contributed by atoms with van der Waals surface area (Å²) < 4.78 is 11.1. The van der Waals surface area contributed by atoms with E-state index >= 15 is 0 Å². The maximum atomic E-state index is 12.3. The number of hydrogen-bond acceptors (Lipinski definition) is 3. The van der Waals surface area contributed by atoms with Crippen molar-refractivity contribution >= 4 is 5.91 Å².